The average molecular weight is 173 g/mol. The lowest BCUT2D eigenvalue weighted by Crippen LogP contribution is -2.15. The minimum Gasteiger partial charge on any atom is -0.130 e. The number of nitrogens with zero attached hydrogens (tertiary/aromatic N) is 1. The van der Waals surface area contributed by atoms with E-state index in [9.17, 15) is 0 Å². The third-order valence-electron chi connectivity index (χ3n) is 0.960. The van der Waals surface area contributed by atoms with Crippen LogP contribution in [0.5, 0.6) is 0 Å². The summed E-state index contributed by atoms with van der Waals surface area (Å²) in [6.07, 6.45) is 3.91. The van der Waals surface area contributed by atoms with Gasteiger partial charge >= 0.3 is 16.1 Å². The van der Waals surface area contributed by atoms with Gasteiger partial charge in [0.05, 0.1) is 0 Å². The van der Waals surface area contributed by atoms with Crippen LogP contribution in [0.25, 0.3) is 0 Å². The lowest BCUT2D eigenvalue weighted by atomic mass is 10.3. The lowest BCUT2D eigenvalue weighted by molar-refractivity contribution is -0.473. The van der Waals surface area contributed by atoms with Gasteiger partial charge in [-0.3, -0.25) is 0 Å². The molecule has 0 aliphatic heterocycles. The maximum atomic E-state index is 3.26. The Balaban J connectivity index is 3.03. The van der Waals surface area contributed by atoms with Gasteiger partial charge in [0.25, 0.3) is 0 Å². The molecule has 0 bridgehead atoms. The summed E-state index contributed by atoms with van der Waals surface area (Å²) >= 11 is 3.26. The van der Waals surface area contributed by atoms with Crippen molar-refractivity contribution in [1.29, 1.82) is 0 Å². The third kappa shape index (κ3) is 1.30. The standard InChI is InChI=1S/C6H7BrN/c1-6-2-4-8(7)5-3-6/h2-5H,1H3/q+1. The molecular weight excluding hydrogens is 166 g/mol. The van der Waals surface area contributed by atoms with Crippen LogP contribution < -0.4 is 3.59 Å². The second kappa shape index (κ2) is 2.27. The molecule has 0 saturated carbocycles. The van der Waals surface area contributed by atoms with Crippen LogP contribution in [0.3, 0.4) is 0 Å². The maximum Gasteiger partial charge on any atom is 0.331 e. The molecule has 1 aromatic heterocycles. The molecule has 0 saturated heterocycles. The van der Waals surface area contributed by atoms with Crippen LogP contribution in [-0.4, -0.2) is 0 Å². The summed E-state index contributed by atoms with van der Waals surface area (Å²) in [6, 6.07) is 4.07. The van der Waals surface area contributed by atoms with E-state index < -0.39 is 0 Å². The summed E-state index contributed by atoms with van der Waals surface area (Å²) in [5.41, 5.74) is 1.28. The van der Waals surface area contributed by atoms with E-state index in [2.05, 4.69) is 23.1 Å². The average Bonchev–Trinajstić information content (AvgIpc) is 1.77. The van der Waals surface area contributed by atoms with Crippen molar-refractivity contribution in [2.24, 2.45) is 0 Å². The Bertz CT molecular complexity index is 147. The fraction of sp³-hybridized carbons (Fsp3) is 0.167. The van der Waals surface area contributed by atoms with Crippen LogP contribution in [0.15, 0.2) is 24.5 Å². The van der Waals surface area contributed by atoms with E-state index in [4.69, 9.17) is 0 Å². The molecular formula is C6H7BrN+. The molecule has 0 aliphatic rings. The number of hydrogen-bond acceptors (Lipinski definition) is 0. The van der Waals surface area contributed by atoms with Crippen LogP contribution >= 0.6 is 16.1 Å². The summed E-state index contributed by atoms with van der Waals surface area (Å²) in [6.45, 7) is 2.06. The highest BCUT2D eigenvalue weighted by Gasteiger charge is 1.89. The Kier molecular flexibility index (Phi) is 1.63. The number of hydrogen-bond donors (Lipinski definition) is 0. The van der Waals surface area contributed by atoms with E-state index in [0.29, 0.717) is 0 Å². The van der Waals surface area contributed by atoms with Crippen LogP contribution in [0.2, 0.25) is 0 Å². The Hall–Kier alpha value is -0.370. The zero-order valence-corrected chi connectivity index (χ0v) is 6.22. The van der Waals surface area contributed by atoms with Crippen LogP contribution in [0.4, 0.5) is 0 Å². The highest BCUT2D eigenvalue weighted by molar-refractivity contribution is 9.04. The van der Waals surface area contributed by atoms with Crippen molar-refractivity contribution in [3.63, 3.8) is 0 Å². The summed E-state index contributed by atoms with van der Waals surface area (Å²) in [4.78, 5) is 0. The van der Waals surface area contributed by atoms with Crippen molar-refractivity contribution >= 4 is 16.1 Å². The van der Waals surface area contributed by atoms with Gasteiger partial charge in [0, 0.05) is 12.1 Å². The largest absolute Gasteiger partial charge is 0.331 e. The van der Waals surface area contributed by atoms with Gasteiger partial charge in [-0.15, -0.1) is 3.59 Å². The number of pyridine rings is 1. The Morgan fingerprint density at radius 3 is 2.25 bits per heavy atom. The predicted octanol–water partition coefficient (Wildman–Crippen LogP) is 1.44. The summed E-state index contributed by atoms with van der Waals surface area (Å²) < 4.78 is 1.83. The number of aryl methyl sites for hydroxylation is 1. The molecule has 0 amide bonds. The maximum absolute atomic E-state index is 3.26. The summed E-state index contributed by atoms with van der Waals surface area (Å²) in [5.74, 6) is 0. The van der Waals surface area contributed by atoms with Gasteiger partial charge in [0.15, 0.2) is 12.4 Å². The molecule has 1 nitrogen and oxygen atoms in total. The number of rotatable bonds is 0. The van der Waals surface area contributed by atoms with Gasteiger partial charge in [0.1, 0.15) is 0 Å². The van der Waals surface area contributed by atoms with Crippen LogP contribution in [0.1, 0.15) is 5.56 Å². The van der Waals surface area contributed by atoms with Crippen molar-refractivity contribution in [3.05, 3.63) is 30.1 Å². The molecule has 0 N–H and O–H groups in total. The fourth-order valence-electron chi connectivity index (χ4n) is 0.483. The summed E-state index contributed by atoms with van der Waals surface area (Å²) in [7, 11) is 0. The number of aromatic nitrogens is 1. The summed E-state index contributed by atoms with van der Waals surface area (Å²) in [5, 5.41) is 0. The van der Waals surface area contributed by atoms with Crippen molar-refractivity contribution in [2.45, 2.75) is 6.92 Å². The van der Waals surface area contributed by atoms with E-state index in [1.54, 1.807) is 0 Å². The molecule has 0 atom stereocenters. The van der Waals surface area contributed by atoms with Gasteiger partial charge in [-0.2, -0.15) is 0 Å². The number of halogens is 1. The molecule has 1 rings (SSSR count). The molecule has 1 heterocycles. The quantitative estimate of drug-likeness (QED) is 0.558. The van der Waals surface area contributed by atoms with Crippen molar-refractivity contribution in [3.8, 4) is 0 Å². The molecule has 0 aliphatic carbocycles. The first-order chi connectivity index (χ1) is 3.79. The van der Waals surface area contributed by atoms with Gasteiger partial charge in [-0.25, -0.2) is 0 Å². The van der Waals surface area contributed by atoms with Gasteiger partial charge in [-0.05, 0) is 12.5 Å². The molecule has 0 radical (unpaired) electrons. The Labute approximate surface area is 57.3 Å². The Morgan fingerprint density at radius 1 is 1.38 bits per heavy atom. The normalized spacial score (nSPS) is 9.25. The second-order valence-electron chi connectivity index (χ2n) is 1.72. The van der Waals surface area contributed by atoms with E-state index in [1.807, 2.05) is 28.1 Å². The smallest absolute Gasteiger partial charge is 0.130 e. The molecule has 0 fully saturated rings. The molecule has 1 aromatic rings. The molecule has 0 aromatic carbocycles. The monoisotopic (exact) mass is 172 g/mol. The van der Waals surface area contributed by atoms with Gasteiger partial charge in [0.2, 0.25) is 0 Å². The minimum atomic E-state index is 1.28. The van der Waals surface area contributed by atoms with E-state index in [-0.39, 0.29) is 0 Å². The highest BCUT2D eigenvalue weighted by Crippen LogP contribution is 1.89. The van der Waals surface area contributed by atoms with E-state index in [0.717, 1.165) is 0 Å². The van der Waals surface area contributed by atoms with Crippen molar-refractivity contribution in [2.75, 3.05) is 0 Å². The van der Waals surface area contributed by atoms with Gasteiger partial charge < -0.3 is 0 Å². The minimum absolute atomic E-state index is 1.28. The SMILES string of the molecule is Cc1cc[n+](Br)cc1. The molecule has 42 valence electrons. The first-order valence-corrected chi connectivity index (χ1v) is 3.14. The molecule has 2 heteroatoms. The van der Waals surface area contributed by atoms with E-state index in [1.165, 1.54) is 5.56 Å². The predicted molar refractivity (Wildman–Crippen MR) is 35.7 cm³/mol. The molecule has 8 heavy (non-hydrogen) atoms. The Morgan fingerprint density at radius 2 is 1.88 bits per heavy atom. The van der Waals surface area contributed by atoms with E-state index >= 15 is 0 Å². The fourth-order valence-corrected chi connectivity index (χ4v) is 0.719. The first kappa shape index (κ1) is 5.76. The van der Waals surface area contributed by atoms with Crippen molar-refractivity contribution in [1.82, 2.24) is 0 Å². The third-order valence-corrected chi connectivity index (χ3v) is 1.43. The van der Waals surface area contributed by atoms with Crippen LogP contribution in [0, 0.1) is 6.92 Å². The zero-order chi connectivity index (χ0) is 5.98. The molecule has 0 unspecified atom stereocenters. The topological polar surface area (TPSA) is 3.88 Å². The van der Waals surface area contributed by atoms with Crippen LogP contribution in [-0.2, 0) is 0 Å². The second-order valence-corrected chi connectivity index (χ2v) is 2.54. The lowest BCUT2D eigenvalue weighted by Gasteiger charge is -1.82. The highest BCUT2D eigenvalue weighted by atomic mass is 79.9. The molecule has 0 spiro atoms. The first-order valence-electron chi connectivity index (χ1n) is 2.43. The zero-order valence-electron chi connectivity index (χ0n) is 4.63. The van der Waals surface area contributed by atoms with Gasteiger partial charge in [-0.1, -0.05) is 0 Å². The van der Waals surface area contributed by atoms with Crippen molar-refractivity contribution < 1.29 is 3.59 Å².